The van der Waals surface area contributed by atoms with E-state index in [-0.39, 0.29) is 17.6 Å². The van der Waals surface area contributed by atoms with E-state index in [0.29, 0.717) is 12.0 Å². The number of methoxy groups -OCH3 is 1. The quantitative estimate of drug-likeness (QED) is 0.276. The van der Waals surface area contributed by atoms with E-state index in [2.05, 4.69) is 6.58 Å². The SMILES string of the molecule is C=C(C(=O)OC)[C@H]1CC2O[C@@](O)(/C(C)=C\C(=O)/C=C(/C)C[C@H]3OC(=O)[C@@]24O[C@H]34)[C@@H]1OC(C)=O. The Balaban J connectivity index is 1.88. The van der Waals surface area contributed by atoms with Crippen molar-refractivity contribution < 1.29 is 48.0 Å². The van der Waals surface area contributed by atoms with Crippen molar-refractivity contribution in [3.8, 4) is 0 Å². The molecule has 178 valence electrons. The summed E-state index contributed by atoms with van der Waals surface area (Å²) in [4.78, 5) is 49.8. The van der Waals surface area contributed by atoms with Crippen LogP contribution in [0.5, 0.6) is 0 Å². The number of carbonyl (C=O) groups is 4. The molecule has 10 nitrogen and oxygen atoms in total. The zero-order valence-electron chi connectivity index (χ0n) is 18.8. The van der Waals surface area contributed by atoms with Crippen LogP contribution in [0.2, 0.25) is 0 Å². The highest BCUT2D eigenvalue weighted by atomic mass is 16.7. The van der Waals surface area contributed by atoms with Crippen LogP contribution >= 0.6 is 0 Å². The molecule has 10 heteroatoms. The van der Waals surface area contributed by atoms with E-state index in [4.69, 9.17) is 23.7 Å². The summed E-state index contributed by atoms with van der Waals surface area (Å²) >= 11 is 0. The Morgan fingerprint density at radius 2 is 1.91 bits per heavy atom. The first-order chi connectivity index (χ1) is 15.4. The molecule has 0 aromatic carbocycles. The first kappa shape index (κ1) is 23.3. The van der Waals surface area contributed by atoms with Gasteiger partial charge in [0.1, 0.15) is 18.3 Å². The Labute approximate surface area is 190 Å². The van der Waals surface area contributed by atoms with Crippen LogP contribution in [0.15, 0.2) is 35.5 Å². The number of epoxide rings is 1. The van der Waals surface area contributed by atoms with Crippen molar-refractivity contribution in [2.75, 3.05) is 7.11 Å². The van der Waals surface area contributed by atoms with Gasteiger partial charge in [0.05, 0.1) is 7.11 Å². The molecule has 0 spiro atoms. The summed E-state index contributed by atoms with van der Waals surface area (Å²) in [6.45, 7) is 8.07. The lowest BCUT2D eigenvalue weighted by Crippen LogP contribution is -2.62. The molecule has 0 saturated carbocycles. The van der Waals surface area contributed by atoms with Crippen LogP contribution in [0.1, 0.15) is 33.6 Å². The second kappa shape index (κ2) is 7.89. The minimum atomic E-state index is -2.36. The number of carbonyl (C=O) groups excluding carboxylic acids is 4. The Kier molecular flexibility index (Phi) is 5.58. The van der Waals surface area contributed by atoms with E-state index in [1.165, 1.54) is 20.1 Å². The first-order valence-corrected chi connectivity index (χ1v) is 10.6. The van der Waals surface area contributed by atoms with Gasteiger partial charge in [-0.15, -0.1) is 0 Å². The molecular weight excluding hydrogens is 436 g/mol. The van der Waals surface area contributed by atoms with Gasteiger partial charge >= 0.3 is 17.9 Å². The van der Waals surface area contributed by atoms with E-state index < -0.39 is 65.4 Å². The molecule has 0 aromatic heterocycles. The third kappa shape index (κ3) is 3.62. The topological polar surface area (TPSA) is 138 Å². The number of ether oxygens (including phenoxy) is 5. The maximum Gasteiger partial charge on any atom is 0.344 e. The van der Waals surface area contributed by atoms with Gasteiger partial charge in [-0.3, -0.25) is 9.59 Å². The van der Waals surface area contributed by atoms with Crippen LogP contribution in [-0.2, 0) is 42.9 Å². The van der Waals surface area contributed by atoms with Crippen molar-refractivity contribution >= 4 is 23.7 Å². The van der Waals surface area contributed by atoms with Crippen LogP contribution in [0.25, 0.3) is 0 Å². The summed E-state index contributed by atoms with van der Waals surface area (Å²) in [6, 6.07) is 0. The maximum absolute atomic E-state index is 12.9. The molecular formula is C23H26O10. The molecule has 1 N–H and O–H groups in total. The van der Waals surface area contributed by atoms with E-state index in [1.54, 1.807) is 6.92 Å². The summed E-state index contributed by atoms with van der Waals surface area (Å²) in [6.07, 6.45) is -1.05. The number of rotatable bonds is 3. The second-order valence-corrected chi connectivity index (χ2v) is 8.89. The van der Waals surface area contributed by atoms with Crippen molar-refractivity contribution in [3.63, 3.8) is 0 Å². The van der Waals surface area contributed by atoms with Crippen molar-refractivity contribution in [2.45, 2.75) is 69.4 Å². The summed E-state index contributed by atoms with van der Waals surface area (Å²) < 4.78 is 27.5. The fourth-order valence-electron chi connectivity index (χ4n) is 4.99. The number of aliphatic hydroxyl groups is 1. The van der Waals surface area contributed by atoms with Crippen LogP contribution in [0.4, 0.5) is 0 Å². The number of fused-ring (bicyclic) bond motifs is 2. The predicted octanol–water partition coefficient (Wildman–Crippen LogP) is 0.669. The van der Waals surface area contributed by atoms with E-state index >= 15 is 0 Å². The number of hydrogen-bond donors (Lipinski definition) is 1. The van der Waals surface area contributed by atoms with Gasteiger partial charge in [0, 0.05) is 24.8 Å². The number of allylic oxidation sites excluding steroid dienone is 2. The van der Waals surface area contributed by atoms with Crippen LogP contribution in [-0.4, -0.2) is 71.7 Å². The van der Waals surface area contributed by atoms with Gasteiger partial charge in [0.15, 0.2) is 11.9 Å². The smallest absolute Gasteiger partial charge is 0.344 e. The molecule has 0 aliphatic carbocycles. The molecule has 4 aliphatic rings. The average molecular weight is 462 g/mol. The van der Waals surface area contributed by atoms with Crippen LogP contribution < -0.4 is 0 Å². The lowest BCUT2D eigenvalue weighted by atomic mass is 9.76. The normalized spacial score (nSPS) is 42.8. The molecule has 4 aliphatic heterocycles. The van der Waals surface area contributed by atoms with E-state index in [9.17, 15) is 24.3 Å². The Morgan fingerprint density at radius 1 is 1.21 bits per heavy atom. The highest BCUT2D eigenvalue weighted by Crippen LogP contribution is 2.56. The number of ketones is 1. The predicted molar refractivity (Wildman–Crippen MR) is 109 cm³/mol. The molecule has 4 rings (SSSR count). The zero-order chi connectivity index (χ0) is 24.3. The minimum absolute atomic E-state index is 0.0206. The molecule has 1 unspecified atom stereocenters. The van der Waals surface area contributed by atoms with E-state index in [0.717, 1.165) is 13.0 Å². The largest absolute Gasteiger partial charge is 0.466 e. The summed E-state index contributed by atoms with van der Waals surface area (Å²) in [7, 11) is 1.17. The molecule has 0 amide bonds. The van der Waals surface area contributed by atoms with Crippen molar-refractivity contribution in [1.82, 2.24) is 0 Å². The lowest BCUT2D eigenvalue weighted by molar-refractivity contribution is -0.300. The maximum atomic E-state index is 12.9. The van der Waals surface area contributed by atoms with E-state index in [1.807, 2.05) is 0 Å². The van der Waals surface area contributed by atoms with Crippen LogP contribution in [0, 0.1) is 5.92 Å². The highest BCUT2D eigenvalue weighted by Gasteiger charge is 2.79. The molecule has 7 atom stereocenters. The molecule has 0 aromatic rings. The molecule has 3 fully saturated rings. The molecule has 4 bridgehead atoms. The summed E-state index contributed by atoms with van der Waals surface area (Å²) in [5, 5.41) is 11.7. The van der Waals surface area contributed by atoms with Crippen LogP contribution in [0.3, 0.4) is 0 Å². The van der Waals surface area contributed by atoms with Gasteiger partial charge < -0.3 is 28.8 Å². The van der Waals surface area contributed by atoms with Gasteiger partial charge in [-0.2, -0.15) is 0 Å². The zero-order valence-corrected chi connectivity index (χ0v) is 18.8. The van der Waals surface area contributed by atoms with Gasteiger partial charge in [-0.05, 0) is 38.0 Å². The third-order valence-corrected chi connectivity index (χ3v) is 6.65. The Bertz CT molecular complexity index is 1010. The Hall–Kier alpha value is -2.82. The van der Waals surface area contributed by atoms with Crippen molar-refractivity contribution in [1.29, 1.82) is 0 Å². The fourth-order valence-corrected chi connectivity index (χ4v) is 4.99. The summed E-state index contributed by atoms with van der Waals surface area (Å²) in [5.74, 6) is -6.00. The minimum Gasteiger partial charge on any atom is -0.466 e. The molecule has 3 saturated heterocycles. The number of hydrogen-bond acceptors (Lipinski definition) is 10. The molecule has 4 heterocycles. The molecule has 33 heavy (non-hydrogen) atoms. The monoisotopic (exact) mass is 462 g/mol. The fraction of sp³-hybridized carbons (Fsp3) is 0.565. The molecule has 0 radical (unpaired) electrons. The van der Waals surface area contributed by atoms with Gasteiger partial charge in [0.25, 0.3) is 0 Å². The van der Waals surface area contributed by atoms with Gasteiger partial charge in [-0.25, -0.2) is 9.59 Å². The summed E-state index contributed by atoms with van der Waals surface area (Å²) in [5.41, 5.74) is -0.889. The third-order valence-electron chi connectivity index (χ3n) is 6.65. The van der Waals surface area contributed by atoms with Crippen molar-refractivity contribution in [3.05, 3.63) is 35.5 Å². The van der Waals surface area contributed by atoms with Gasteiger partial charge in [0.2, 0.25) is 11.4 Å². The number of esters is 3. The average Bonchev–Trinajstić information content (AvgIpc) is 3.43. The standard InChI is InChI=1S/C23H26O10/c1-10-6-14(25)8-11(2)23(28)18(30-13(4)24)15(12(3)20(26)29-5)9-17(32-23)22-19(33-22)16(7-10)31-21(22)27/h6,8,15-19,28H,3,7,9H2,1-2,4-5H3/b10-6-,11-8-/t15-,16-,17?,18-,19-,22-,23+/m1/s1. The van der Waals surface area contributed by atoms with Gasteiger partial charge in [-0.1, -0.05) is 12.2 Å². The lowest BCUT2D eigenvalue weighted by Gasteiger charge is -2.47. The first-order valence-electron chi connectivity index (χ1n) is 10.6. The highest BCUT2D eigenvalue weighted by molar-refractivity contribution is 6.00. The second-order valence-electron chi connectivity index (χ2n) is 8.89. The Morgan fingerprint density at radius 3 is 2.52 bits per heavy atom. The van der Waals surface area contributed by atoms with Crippen molar-refractivity contribution in [2.24, 2.45) is 5.92 Å².